The van der Waals surface area contributed by atoms with Crippen molar-refractivity contribution in [1.29, 1.82) is 0 Å². The predicted molar refractivity (Wildman–Crippen MR) is 51.8 cm³/mol. The summed E-state index contributed by atoms with van der Waals surface area (Å²) in [5, 5.41) is 4.96. The number of fused-ring (bicyclic) bond motifs is 1. The number of primary sulfonamides is 1. The molecular formula is C9H9NO4S. The largest absolute Gasteiger partial charge is 0.462 e. The molecule has 0 saturated carbocycles. The molecule has 5 nitrogen and oxygen atoms in total. The fraction of sp³-hybridized carbons (Fsp3) is 0.222. The van der Waals surface area contributed by atoms with Crippen molar-refractivity contribution >= 4 is 16.0 Å². The summed E-state index contributed by atoms with van der Waals surface area (Å²) in [6.45, 7) is 0.334. The Bertz CT molecular complexity index is 521. The zero-order valence-electron chi connectivity index (χ0n) is 7.76. The lowest BCUT2D eigenvalue weighted by molar-refractivity contribution is 0.0480. The molecule has 0 amide bonds. The van der Waals surface area contributed by atoms with Gasteiger partial charge in [0.15, 0.2) is 0 Å². The molecule has 0 spiro atoms. The Balaban J connectivity index is 2.58. The van der Waals surface area contributed by atoms with Gasteiger partial charge in [0.2, 0.25) is 10.0 Å². The molecule has 0 unspecified atom stereocenters. The van der Waals surface area contributed by atoms with Gasteiger partial charge in [0.05, 0.1) is 17.1 Å². The highest BCUT2D eigenvalue weighted by Gasteiger charge is 2.20. The maximum atomic E-state index is 11.3. The number of cyclic esters (lactones) is 1. The van der Waals surface area contributed by atoms with Crippen molar-refractivity contribution < 1.29 is 17.9 Å². The Morgan fingerprint density at radius 3 is 2.73 bits per heavy atom. The summed E-state index contributed by atoms with van der Waals surface area (Å²) in [5.41, 5.74) is 1.08. The van der Waals surface area contributed by atoms with Gasteiger partial charge in [-0.1, -0.05) is 6.07 Å². The normalized spacial score (nSPS) is 15.7. The SMILES string of the molecule is NS(=O)(=O)c1ccc2c(c1)C(=O)OCC2. The van der Waals surface area contributed by atoms with Crippen LogP contribution in [0, 0.1) is 0 Å². The molecule has 6 heteroatoms. The zero-order chi connectivity index (χ0) is 11.1. The first kappa shape index (κ1) is 10.1. The van der Waals surface area contributed by atoms with Crippen LogP contribution in [0.15, 0.2) is 23.1 Å². The number of carbonyl (C=O) groups excluding carboxylic acids is 1. The van der Waals surface area contributed by atoms with E-state index in [2.05, 4.69) is 0 Å². The van der Waals surface area contributed by atoms with Gasteiger partial charge in [-0.3, -0.25) is 0 Å². The Labute approximate surface area is 86.9 Å². The molecule has 0 radical (unpaired) electrons. The van der Waals surface area contributed by atoms with Gasteiger partial charge in [-0.05, 0) is 17.7 Å². The quantitative estimate of drug-likeness (QED) is 0.686. The van der Waals surface area contributed by atoms with Crippen molar-refractivity contribution in [2.75, 3.05) is 6.61 Å². The van der Waals surface area contributed by atoms with E-state index >= 15 is 0 Å². The molecule has 2 N–H and O–H groups in total. The maximum absolute atomic E-state index is 11.3. The number of carbonyl (C=O) groups is 1. The lowest BCUT2D eigenvalue weighted by Crippen LogP contribution is -2.19. The second kappa shape index (κ2) is 3.32. The van der Waals surface area contributed by atoms with Gasteiger partial charge >= 0.3 is 5.97 Å². The first-order valence-electron chi connectivity index (χ1n) is 4.31. The predicted octanol–water partition coefficient (Wildman–Crippen LogP) is 0.0469. The highest BCUT2D eigenvalue weighted by Crippen LogP contribution is 2.20. The monoisotopic (exact) mass is 227 g/mol. The number of hydrogen-bond donors (Lipinski definition) is 1. The minimum atomic E-state index is -3.77. The van der Waals surface area contributed by atoms with E-state index < -0.39 is 16.0 Å². The lowest BCUT2D eigenvalue weighted by Gasteiger charge is -2.15. The van der Waals surface area contributed by atoms with Gasteiger partial charge in [0.25, 0.3) is 0 Å². The summed E-state index contributed by atoms with van der Waals surface area (Å²) < 4.78 is 26.9. The summed E-state index contributed by atoms with van der Waals surface area (Å²) in [4.78, 5) is 11.2. The second-order valence-electron chi connectivity index (χ2n) is 3.25. The minimum Gasteiger partial charge on any atom is -0.462 e. The van der Waals surface area contributed by atoms with Crippen molar-refractivity contribution in [3.63, 3.8) is 0 Å². The molecular weight excluding hydrogens is 218 g/mol. The summed E-state index contributed by atoms with van der Waals surface area (Å²) in [6.07, 6.45) is 0.603. The standard InChI is InChI=1S/C9H9NO4S/c10-15(12,13)7-2-1-6-3-4-14-9(11)8(6)5-7/h1-2,5H,3-4H2,(H2,10,12,13). The summed E-state index contributed by atoms with van der Waals surface area (Å²) in [6, 6.07) is 4.24. The molecule has 0 bridgehead atoms. The van der Waals surface area contributed by atoms with Crippen molar-refractivity contribution in [2.45, 2.75) is 11.3 Å². The van der Waals surface area contributed by atoms with Gasteiger partial charge in [-0.15, -0.1) is 0 Å². The summed E-state index contributed by atoms with van der Waals surface area (Å²) in [7, 11) is -3.77. The van der Waals surface area contributed by atoms with Gasteiger partial charge < -0.3 is 4.74 Å². The third-order valence-corrected chi connectivity index (χ3v) is 3.15. The van der Waals surface area contributed by atoms with Gasteiger partial charge in [0, 0.05) is 6.42 Å². The highest BCUT2D eigenvalue weighted by atomic mass is 32.2. The molecule has 1 aromatic carbocycles. The molecule has 15 heavy (non-hydrogen) atoms. The van der Waals surface area contributed by atoms with E-state index in [1.165, 1.54) is 12.1 Å². The Morgan fingerprint density at radius 2 is 2.07 bits per heavy atom. The number of hydrogen-bond acceptors (Lipinski definition) is 4. The van der Waals surface area contributed by atoms with E-state index in [4.69, 9.17) is 9.88 Å². The van der Waals surface area contributed by atoms with Crippen LogP contribution in [0.3, 0.4) is 0 Å². The van der Waals surface area contributed by atoms with Crippen molar-refractivity contribution in [1.82, 2.24) is 0 Å². The molecule has 0 aromatic heterocycles. The number of ether oxygens (including phenoxy) is 1. The van der Waals surface area contributed by atoms with E-state index in [1.807, 2.05) is 0 Å². The number of nitrogens with two attached hydrogens (primary N) is 1. The van der Waals surface area contributed by atoms with Crippen LogP contribution in [-0.2, 0) is 21.2 Å². The highest BCUT2D eigenvalue weighted by molar-refractivity contribution is 7.89. The average Bonchev–Trinajstić information content (AvgIpc) is 2.16. The van der Waals surface area contributed by atoms with Crippen molar-refractivity contribution in [3.8, 4) is 0 Å². The van der Waals surface area contributed by atoms with Crippen LogP contribution < -0.4 is 5.14 Å². The topological polar surface area (TPSA) is 86.5 Å². The van der Waals surface area contributed by atoms with Crippen LogP contribution in [0.4, 0.5) is 0 Å². The minimum absolute atomic E-state index is 0.0694. The smallest absolute Gasteiger partial charge is 0.338 e. The van der Waals surface area contributed by atoms with Crippen LogP contribution in [0.5, 0.6) is 0 Å². The molecule has 0 fully saturated rings. The fourth-order valence-electron chi connectivity index (χ4n) is 1.47. The van der Waals surface area contributed by atoms with Crippen LogP contribution >= 0.6 is 0 Å². The zero-order valence-corrected chi connectivity index (χ0v) is 8.58. The van der Waals surface area contributed by atoms with E-state index in [0.717, 1.165) is 5.56 Å². The number of benzene rings is 1. The van der Waals surface area contributed by atoms with Crippen LogP contribution in [0.1, 0.15) is 15.9 Å². The average molecular weight is 227 g/mol. The number of sulfonamides is 1. The van der Waals surface area contributed by atoms with E-state index in [9.17, 15) is 13.2 Å². The molecule has 1 aliphatic rings. The van der Waals surface area contributed by atoms with Gasteiger partial charge in [0.1, 0.15) is 0 Å². The third kappa shape index (κ3) is 1.86. The van der Waals surface area contributed by atoms with Gasteiger partial charge in [-0.2, -0.15) is 0 Å². The molecule has 80 valence electrons. The molecule has 1 aromatic rings. The summed E-state index contributed by atoms with van der Waals surface area (Å²) in [5.74, 6) is -0.498. The first-order valence-corrected chi connectivity index (χ1v) is 5.86. The Kier molecular flexibility index (Phi) is 2.24. The van der Waals surface area contributed by atoms with Crippen molar-refractivity contribution in [3.05, 3.63) is 29.3 Å². The number of rotatable bonds is 1. The molecule has 2 rings (SSSR count). The van der Waals surface area contributed by atoms with Crippen LogP contribution in [0.2, 0.25) is 0 Å². The van der Waals surface area contributed by atoms with Gasteiger partial charge in [-0.25, -0.2) is 18.4 Å². The lowest BCUT2D eigenvalue weighted by atomic mass is 10.0. The molecule has 0 aliphatic carbocycles. The number of esters is 1. The van der Waals surface area contributed by atoms with Crippen LogP contribution in [-0.4, -0.2) is 21.0 Å². The van der Waals surface area contributed by atoms with E-state index in [-0.39, 0.29) is 10.5 Å². The third-order valence-electron chi connectivity index (χ3n) is 2.23. The summed E-state index contributed by atoms with van der Waals surface area (Å²) >= 11 is 0. The first-order chi connectivity index (χ1) is 6.98. The Morgan fingerprint density at radius 1 is 1.33 bits per heavy atom. The fourth-order valence-corrected chi connectivity index (χ4v) is 2.01. The van der Waals surface area contributed by atoms with E-state index in [0.29, 0.717) is 13.0 Å². The molecule has 1 aliphatic heterocycles. The second-order valence-corrected chi connectivity index (χ2v) is 4.81. The Hall–Kier alpha value is -1.40. The molecule has 1 heterocycles. The molecule has 0 atom stereocenters. The molecule has 0 saturated heterocycles. The van der Waals surface area contributed by atoms with Crippen molar-refractivity contribution in [2.24, 2.45) is 5.14 Å². The van der Waals surface area contributed by atoms with E-state index in [1.54, 1.807) is 6.07 Å². The maximum Gasteiger partial charge on any atom is 0.338 e. The van der Waals surface area contributed by atoms with Crippen LogP contribution in [0.25, 0.3) is 0 Å².